The number of likely N-dealkylation sites (N-methyl/N-ethyl adjacent to an activating group) is 1. The molecule has 0 spiro atoms. The summed E-state index contributed by atoms with van der Waals surface area (Å²) in [5, 5.41) is 3.50. The van der Waals surface area contributed by atoms with Gasteiger partial charge in [-0.1, -0.05) is 12.1 Å². The van der Waals surface area contributed by atoms with Gasteiger partial charge in [-0.3, -0.25) is 14.7 Å². The molecule has 6 nitrogen and oxygen atoms in total. The van der Waals surface area contributed by atoms with Crippen molar-refractivity contribution >= 4 is 5.91 Å². The van der Waals surface area contributed by atoms with Crippen molar-refractivity contribution in [3.63, 3.8) is 0 Å². The number of amides is 1. The maximum absolute atomic E-state index is 13.2. The van der Waals surface area contributed by atoms with E-state index < -0.39 is 0 Å². The molecule has 0 bridgehead atoms. The quantitative estimate of drug-likeness (QED) is 0.830. The fourth-order valence-corrected chi connectivity index (χ4v) is 4.58. The highest BCUT2D eigenvalue weighted by Gasteiger charge is 2.46. The molecule has 2 aliphatic heterocycles. The normalized spacial score (nSPS) is 23.8. The van der Waals surface area contributed by atoms with Gasteiger partial charge in [0.2, 0.25) is 5.91 Å². The van der Waals surface area contributed by atoms with Crippen molar-refractivity contribution in [1.29, 1.82) is 0 Å². The topological polar surface area (TPSA) is 57.7 Å². The SMILES string of the molecule is COc1ccc([C@H]2[C@H]3CNC[C@H]3CN2C(=O)CN(C)Cc2ccncc2)cc1. The van der Waals surface area contributed by atoms with E-state index in [2.05, 4.69) is 32.2 Å². The van der Waals surface area contributed by atoms with Crippen LogP contribution in [0.15, 0.2) is 48.8 Å². The maximum Gasteiger partial charge on any atom is 0.237 e. The number of carbonyl (C=O) groups excluding carboxylic acids is 1. The molecule has 28 heavy (non-hydrogen) atoms. The number of nitrogens with one attached hydrogen (secondary N) is 1. The zero-order valence-electron chi connectivity index (χ0n) is 16.5. The van der Waals surface area contributed by atoms with E-state index in [1.807, 2.05) is 31.3 Å². The van der Waals surface area contributed by atoms with Gasteiger partial charge in [0.15, 0.2) is 0 Å². The molecule has 2 aliphatic rings. The van der Waals surface area contributed by atoms with Gasteiger partial charge in [-0.2, -0.15) is 0 Å². The molecule has 4 rings (SSSR count). The first-order chi connectivity index (χ1) is 13.7. The highest BCUT2D eigenvalue weighted by molar-refractivity contribution is 5.79. The predicted molar refractivity (Wildman–Crippen MR) is 108 cm³/mol. The number of nitrogens with zero attached hydrogens (tertiary/aromatic N) is 3. The number of benzene rings is 1. The van der Waals surface area contributed by atoms with Gasteiger partial charge in [0, 0.05) is 44.5 Å². The van der Waals surface area contributed by atoms with Crippen molar-refractivity contribution in [2.75, 3.05) is 40.3 Å². The number of carbonyl (C=O) groups is 1. The summed E-state index contributed by atoms with van der Waals surface area (Å²) in [5.74, 6) is 2.05. The molecule has 1 N–H and O–H groups in total. The van der Waals surface area contributed by atoms with Crippen LogP contribution >= 0.6 is 0 Å². The van der Waals surface area contributed by atoms with Gasteiger partial charge in [-0.15, -0.1) is 0 Å². The van der Waals surface area contributed by atoms with Crippen molar-refractivity contribution in [2.45, 2.75) is 12.6 Å². The summed E-state index contributed by atoms with van der Waals surface area (Å²) in [7, 11) is 3.68. The number of likely N-dealkylation sites (tertiary alicyclic amines) is 1. The average molecular weight is 380 g/mol. The number of hydrogen-bond acceptors (Lipinski definition) is 5. The van der Waals surface area contributed by atoms with Crippen molar-refractivity contribution in [3.05, 3.63) is 59.9 Å². The van der Waals surface area contributed by atoms with Gasteiger partial charge in [0.25, 0.3) is 0 Å². The summed E-state index contributed by atoms with van der Waals surface area (Å²) in [5.41, 5.74) is 2.36. The van der Waals surface area contributed by atoms with Crippen LogP contribution in [0.2, 0.25) is 0 Å². The van der Waals surface area contributed by atoms with Crippen molar-refractivity contribution in [2.24, 2.45) is 11.8 Å². The first kappa shape index (κ1) is 18.9. The molecular formula is C22H28N4O2. The summed E-state index contributed by atoms with van der Waals surface area (Å²) >= 11 is 0. The standard InChI is InChI=1S/C22H28N4O2/c1-25(13-16-7-9-23-10-8-16)15-21(27)26-14-18-11-24-12-20(18)22(26)17-3-5-19(28-2)6-4-17/h3-10,18,20,22,24H,11-15H2,1-2H3/t18-,20-,22-/m0/s1. The minimum Gasteiger partial charge on any atom is -0.497 e. The maximum atomic E-state index is 13.2. The molecule has 148 valence electrons. The van der Waals surface area contributed by atoms with Gasteiger partial charge in [-0.05, 0) is 48.4 Å². The third kappa shape index (κ3) is 3.88. The van der Waals surface area contributed by atoms with Crippen molar-refractivity contribution in [3.8, 4) is 5.75 Å². The van der Waals surface area contributed by atoms with Crippen LogP contribution in [-0.4, -0.2) is 61.0 Å². The molecule has 2 aromatic rings. The Hall–Kier alpha value is -2.44. The van der Waals surface area contributed by atoms with E-state index in [4.69, 9.17) is 4.74 Å². The predicted octanol–water partition coefficient (Wildman–Crippen LogP) is 1.94. The molecule has 6 heteroatoms. The number of ether oxygens (including phenoxy) is 1. The monoisotopic (exact) mass is 380 g/mol. The van der Waals surface area contributed by atoms with Crippen LogP contribution in [0.1, 0.15) is 17.2 Å². The molecule has 3 heterocycles. The van der Waals surface area contributed by atoms with E-state index >= 15 is 0 Å². The van der Waals surface area contributed by atoms with E-state index in [0.29, 0.717) is 18.4 Å². The van der Waals surface area contributed by atoms with E-state index in [-0.39, 0.29) is 11.9 Å². The molecule has 1 aromatic heterocycles. The van der Waals surface area contributed by atoms with Crippen LogP contribution < -0.4 is 10.1 Å². The molecular weight excluding hydrogens is 352 g/mol. The number of methoxy groups -OCH3 is 1. The molecule has 1 amide bonds. The van der Waals surface area contributed by atoms with Crippen LogP contribution in [0.25, 0.3) is 0 Å². The van der Waals surface area contributed by atoms with E-state index in [1.165, 1.54) is 11.1 Å². The third-order valence-electron chi connectivity index (χ3n) is 5.95. The van der Waals surface area contributed by atoms with Crippen LogP contribution in [0, 0.1) is 11.8 Å². The lowest BCUT2D eigenvalue weighted by atomic mass is 9.89. The largest absolute Gasteiger partial charge is 0.497 e. The zero-order chi connectivity index (χ0) is 19.5. The van der Waals surface area contributed by atoms with Crippen LogP contribution in [0.5, 0.6) is 5.75 Å². The number of pyridine rings is 1. The minimum absolute atomic E-state index is 0.132. The van der Waals surface area contributed by atoms with Gasteiger partial charge in [-0.25, -0.2) is 0 Å². The lowest BCUT2D eigenvalue weighted by Gasteiger charge is -2.30. The third-order valence-corrected chi connectivity index (χ3v) is 5.95. The lowest BCUT2D eigenvalue weighted by molar-refractivity contribution is -0.133. The average Bonchev–Trinajstić information content (AvgIpc) is 3.30. The fourth-order valence-electron chi connectivity index (χ4n) is 4.58. The van der Waals surface area contributed by atoms with Gasteiger partial charge in [0.05, 0.1) is 19.7 Å². The summed E-state index contributed by atoms with van der Waals surface area (Å²) in [6.45, 7) is 3.95. The van der Waals surface area contributed by atoms with Crippen molar-refractivity contribution in [1.82, 2.24) is 20.1 Å². The Morgan fingerprint density at radius 3 is 2.68 bits per heavy atom. The Labute approximate surface area is 166 Å². The Bertz CT molecular complexity index is 796. The van der Waals surface area contributed by atoms with Crippen LogP contribution in [-0.2, 0) is 11.3 Å². The molecule has 0 unspecified atom stereocenters. The van der Waals surface area contributed by atoms with Crippen molar-refractivity contribution < 1.29 is 9.53 Å². The van der Waals surface area contributed by atoms with E-state index in [0.717, 1.165) is 31.9 Å². The summed E-state index contributed by atoms with van der Waals surface area (Å²) < 4.78 is 5.30. The van der Waals surface area contributed by atoms with Crippen LogP contribution in [0.4, 0.5) is 0 Å². The number of rotatable bonds is 6. The molecule has 1 aromatic carbocycles. The second-order valence-corrected chi connectivity index (χ2v) is 7.87. The summed E-state index contributed by atoms with van der Waals surface area (Å²) in [6.07, 6.45) is 3.58. The summed E-state index contributed by atoms with van der Waals surface area (Å²) in [4.78, 5) is 21.4. The Kier molecular flexibility index (Phi) is 5.59. The highest BCUT2D eigenvalue weighted by atomic mass is 16.5. The van der Waals surface area contributed by atoms with E-state index in [9.17, 15) is 4.79 Å². The Balaban J connectivity index is 1.48. The first-order valence-electron chi connectivity index (χ1n) is 9.87. The molecule has 0 saturated carbocycles. The molecule has 0 radical (unpaired) electrons. The molecule has 2 saturated heterocycles. The molecule has 2 fully saturated rings. The number of aromatic nitrogens is 1. The second-order valence-electron chi connectivity index (χ2n) is 7.87. The summed E-state index contributed by atoms with van der Waals surface area (Å²) in [6, 6.07) is 12.3. The van der Waals surface area contributed by atoms with E-state index in [1.54, 1.807) is 19.5 Å². The molecule has 3 atom stereocenters. The first-order valence-corrected chi connectivity index (χ1v) is 9.87. The van der Waals surface area contributed by atoms with Gasteiger partial charge < -0.3 is 15.0 Å². The fraction of sp³-hybridized carbons (Fsp3) is 0.455. The van der Waals surface area contributed by atoms with Gasteiger partial charge in [0.1, 0.15) is 5.75 Å². The Morgan fingerprint density at radius 1 is 1.21 bits per heavy atom. The molecule has 0 aliphatic carbocycles. The Morgan fingerprint density at radius 2 is 1.96 bits per heavy atom. The minimum atomic E-state index is 0.132. The smallest absolute Gasteiger partial charge is 0.237 e. The lowest BCUT2D eigenvalue weighted by Crippen LogP contribution is -2.40. The number of fused-ring (bicyclic) bond motifs is 1. The van der Waals surface area contributed by atoms with Crippen LogP contribution in [0.3, 0.4) is 0 Å². The highest BCUT2D eigenvalue weighted by Crippen LogP contribution is 2.42. The zero-order valence-corrected chi connectivity index (χ0v) is 16.5. The number of hydrogen-bond donors (Lipinski definition) is 1. The van der Waals surface area contributed by atoms with Gasteiger partial charge >= 0.3 is 0 Å². The second kappa shape index (κ2) is 8.29.